The Morgan fingerprint density at radius 3 is 3.17 bits per heavy atom. The Labute approximate surface area is 73.3 Å². The molecule has 0 N–H and O–H groups in total. The minimum absolute atomic E-state index is 0.704. The molecule has 0 atom stereocenters. The highest BCUT2D eigenvalue weighted by Gasteiger charge is 2.07. The highest BCUT2D eigenvalue weighted by Crippen LogP contribution is 2.27. The Hall–Kier alpha value is -1.47. The summed E-state index contributed by atoms with van der Waals surface area (Å²) in [5.74, 6) is 0. The van der Waals surface area contributed by atoms with Crippen LogP contribution < -0.4 is 0 Å². The molecule has 2 aromatic heterocycles. The fourth-order valence-corrected chi connectivity index (χ4v) is 2.01. The van der Waals surface area contributed by atoms with Crippen LogP contribution in [-0.2, 0) is 0 Å². The summed E-state index contributed by atoms with van der Waals surface area (Å²) >= 11 is 1.53. The maximum absolute atomic E-state index is 8.81. The first-order valence-corrected chi connectivity index (χ1v) is 4.24. The van der Waals surface area contributed by atoms with E-state index in [1.165, 1.54) is 17.7 Å². The number of aromatic nitrogens is 2. The van der Waals surface area contributed by atoms with Crippen LogP contribution >= 0.6 is 11.3 Å². The summed E-state index contributed by atoms with van der Waals surface area (Å²) < 4.78 is 0. The summed E-state index contributed by atoms with van der Waals surface area (Å²) in [4.78, 5) is 9.84. The van der Waals surface area contributed by atoms with E-state index in [1.54, 1.807) is 6.20 Å². The Morgan fingerprint density at radius 1 is 1.58 bits per heavy atom. The average Bonchev–Trinajstić information content (AvgIpc) is 2.40. The molecule has 0 aliphatic heterocycles. The van der Waals surface area contributed by atoms with Crippen LogP contribution in [0.4, 0.5) is 0 Å². The molecule has 0 unspecified atom stereocenters. The van der Waals surface area contributed by atoms with Crippen molar-refractivity contribution in [2.24, 2.45) is 0 Å². The second-order valence-electron chi connectivity index (χ2n) is 2.39. The second-order valence-corrected chi connectivity index (χ2v) is 3.59. The fourth-order valence-electron chi connectivity index (χ4n) is 1.10. The molecule has 12 heavy (non-hydrogen) atoms. The van der Waals surface area contributed by atoms with E-state index in [9.17, 15) is 0 Å². The Balaban J connectivity index is 2.93. The van der Waals surface area contributed by atoms with Crippen molar-refractivity contribution in [3.8, 4) is 6.07 Å². The molecule has 0 radical (unpaired) electrons. The van der Waals surface area contributed by atoms with E-state index in [0.717, 1.165) is 15.1 Å². The van der Waals surface area contributed by atoms with Crippen molar-refractivity contribution in [2.75, 3.05) is 0 Å². The molecule has 0 spiro atoms. The van der Waals surface area contributed by atoms with Gasteiger partial charge in [0.05, 0.1) is 5.56 Å². The minimum atomic E-state index is 0.704. The lowest BCUT2D eigenvalue weighted by atomic mass is 10.2. The summed E-state index contributed by atoms with van der Waals surface area (Å²) in [6.07, 6.45) is 3.18. The molecule has 4 heteroatoms. The number of aryl methyl sites for hydroxylation is 1. The van der Waals surface area contributed by atoms with Gasteiger partial charge >= 0.3 is 0 Å². The third-order valence-electron chi connectivity index (χ3n) is 1.66. The lowest BCUT2D eigenvalue weighted by Gasteiger charge is -1.84. The van der Waals surface area contributed by atoms with Gasteiger partial charge in [-0.3, -0.25) is 0 Å². The van der Waals surface area contributed by atoms with Crippen molar-refractivity contribution in [2.45, 2.75) is 6.92 Å². The molecular formula is C8H5N3S. The normalized spacial score (nSPS) is 10.0. The predicted molar refractivity (Wildman–Crippen MR) is 46.9 cm³/mol. The Bertz CT molecular complexity index is 467. The minimum Gasteiger partial charge on any atom is -0.244 e. The molecule has 0 aliphatic rings. The molecule has 0 bridgehead atoms. The van der Waals surface area contributed by atoms with Crippen LogP contribution in [0.2, 0.25) is 0 Å². The first kappa shape index (κ1) is 7.19. The molecule has 2 heterocycles. The Morgan fingerprint density at radius 2 is 2.42 bits per heavy atom. The highest BCUT2D eigenvalue weighted by atomic mass is 32.1. The van der Waals surface area contributed by atoms with Crippen LogP contribution in [-0.4, -0.2) is 9.97 Å². The smallest absolute Gasteiger partial charge is 0.128 e. The monoisotopic (exact) mass is 175 g/mol. The summed E-state index contributed by atoms with van der Waals surface area (Å²) in [6, 6.07) is 2.15. The molecule has 2 aromatic rings. The van der Waals surface area contributed by atoms with Crippen molar-refractivity contribution >= 4 is 21.6 Å². The third kappa shape index (κ3) is 0.874. The maximum atomic E-state index is 8.81. The molecule has 0 fully saturated rings. The zero-order chi connectivity index (χ0) is 8.55. The maximum Gasteiger partial charge on any atom is 0.128 e. The number of thiophene rings is 1. The van der Waals surface area contributed by atoms with E-state index in [-0.39, 0.29) is 0 Å². The van der Waals surface area contributed by atoms with E-state index in [4.69, 9.17) is 5.26 Å². The third-order valence-corrected chi connectivity index (χ3v) is 2.69. The number of nitriles is 1. The lowest BCUT2D eigenvalue weighted by molar-refractivity contribution is 1.23. The van der Waals surface area contributed by atoms with E-state index in [2.05, 4.69) is 16.0 Å². The first-order chi connectivity index (χ1) is 5.83. The van der Waals surface area contributed by atoms with Gasteiger partial charge in [0.2, 0.25) is 0 Å². The number of hydrogen-bond donors (Lipinski definition) is 0. The van der Waals surface area contributed by atoms with Crippen LogP contribution in [0.25, 0.3) is 10.2 Å². The van der Waals surface area contributed by atoms with Gasteiger partial charge in [-0.25, -0.2) is 9.97 Å². The zero-order valence-electron chi connectivity index (χ0n) is 6.40. The molecule has 0 saturated carbocycles. The van der Waals surface area contributed by atoms with Crippen molar-refractivity contribution in [3.05, 3.63) is 23.0 Å². The van der Waals surface area contributed by atoms with Gasteiger partial charge in [0, 0.05) is 16.5 Å². The summed E-state index contributed by atoms with van der Waals surface area (Å²) in [5, 5.41) is 9.67. The first-order valence-electron chi connectivity index (χ1n) is 3.42. The lowest BCUT2D eigenvalue weighted by Crippen LogP contribution is -1.77. The van der Waals surface area contributed by atoms with Crippen LogP contribution in [0.1, 0.15) is 10.4 Å². The number of fused-ring (bicyclic) bond motifs is 1. The molecule has 0 amide bonds. The van der Waals surface area contributed by atoms with Crippen LogP contribution in [0.15, 0.2) is 12.5 Å². The molecule has 0 aliphatic carbocycles. The molecule has 58 valence electrons. The van der Waals surface area contributed by atoms with E-state index in [1.807, 2.05) is 6.92 Å². The number of rotatable bonds is 0. The van der Waals surface area contributed by atoms with Gasteiger partial charge in [-0.1, -0.05) is 0 Å². The van der Waals surface area contributed by atoms with E-state index < -0.39 is 0 Å². The topological polar surface area (TPSA) is 49.6 Å². The molecule has 0 saturated heterocycles. The average molecular weight is 175 g/mol. The predicted octanol–water partition coefficient (Wildman–Crippen LogP) is 1.87. The van der Waals surface area contributed by atoms with Crippen LogP contribution in [0, 0.1) is 18.3 Å². The standard InChI is InChI=1S/C8H5N3S/c1-5-6(2-9)7-3-10-4-11-8(7)12-5/h3-4H,1H3. The van der Waals surface area contributed by atoms with Crippen LogP contribution in [0.3, 0.4) is 0 Å². The second kappa shape index (κ2) is 2.54. The van der Waals surface area contributed by atoms with Gasteiger partial charge < -0.3 is 0 Å². The van der Waals surface area contributed by atoms with Gasteiger partial charge in [0.25, 0.3) is 0 Å². The highest BCUT2D eigenvalue weighted by molar-refractivity contribution is 7.18. The SMILES string of the molecule is Cc1sc2ncncc2c1C#N. The van der Waals surface area contributed by atoms with Crippen LogP contribution in [0.5, 0.6) is 0 Å². The summed E-state index contributed by atoms with van der Waals surface area (Å²) in [6.45, 7) is 1.92. The zero-order valence-corrected chi connectivity index (χ0v) is 7.22. The Kier molecular flexibility index (Phi) is 1.52. The molecule has 2 rings (SSSR count). The summed E-state index contributed by atoms with van der Waals surface area (Å²) in [5.41, 5.74) is 0.704. The number of hydrogen-bond acceptors (Lipinski definition) is 4. The van der Waals surface area contributed by atoms with Crippen molar-refractivity contribution in [1.82, 2.24) is 9.97 Å². The fraction of sp³-hybridized carbons (Fsp3) is 0.125. The van der Waals surface area contributed by atoms with E-state index in [0.29, 0.717) is 5.56 Å². The number of nitrogens with zero attached hydrogens (tertiary/aromatic N) is 3. The van der Waals surface area contributed by atoms with Crippen molar-refractivity contribution in [3.63, 3.8) is 0 Å². The van der Waals surface area contributed by atoms with Gasteiger partial charge in [-0.15, -0.1) is 11.3 Å². The van der Waals surface area contributed by atoms with Gasteiger partial charge in [0.1, 0.15) is 17.2 Å². The molecule has 3 nitrogen and oxygen atoms in total. The van der Waals surface area contributed by atoms with E-state index >= 15 is 0 Å². The molecule has 0 aromatic carbocycles. The molecular weight excluding hydrogens is 170 g/mol. The van der Waals surface area contributed by atoms with Crippen molar-refractivity contribution in [1.29, 1.82) is 5.26 Å². The summed E-state index contributed by atoms with van der Waals surface area (Å²) in [7, 11) is 0. The van der Waals surface area contributed by atoms with Gasteiger partial charge in [-0.05, 0) is 6.92 Å². The largest absolute Gasteiger partial charge is 0.244 e. The van der Waals surface area contributed by atoms with Crippen molar-refractivity contribution < 1.29 is 0 Å². The quantitative estimate of drug-likeness (QED) is 0.614. The van der Waals surface area contributed by atoms with Gasteiger partial charge in [-0.2, -0.15) is 5.26 Å². The van der Waals surface area contributed by atoms with Gasteiger partial charge in [0.15, 0.2) is 0 Å².